The van der Waals surface area contributed by atoms with E-state index >= 15 is 0 Å². The van der Waals surface area contributed by atoms with Crippen LogP contribution in [-0.4, -0.2) is 4.98 Å². The van der Waals surface area contributed by atoms with E-state index in [-0.39, 0.29) is 0 Å². The molecule has 0 atom stereocenters. The number of benzene rings is 2. The Bertz CT molecular complexity index is 707. The van der Waals surface area contributed by atoms with Crippen LogP contribution in [0.15, 0.2) is 72.9 Å². The van der Waals surface area contributed by atoms with Crippen LogP contribution in [0.2, 0.25) is 0 Å². The maximum Gasteiger partial charge on any atom is 0.127 e. The number of aromatic nitrogens is 1. The van der Waals surface area contributed by atoms with E-state index in [9.17, 15) is 0 Å². The molecule has 0 unspecified atom stereocenters. The molecule has 0 aliphatic carbocycles. The third kappa shape index (κ3) is 3.85. The largest absolute Gasteiger partial charge is 0.457 e. The number of nitrogens with zero attached hydrogens (tertiary/aromatic N) is 1. The number of nitrogens with one attached hydrogen (secondary N) is 1. The van der Waals surface area contributed by atoms with Crippen LogP contribution in [-0.2, 0) is 6.54 Å². The Morgan fingerprint density at radius 2 is 1.55 bits per heavy atom. The van der Waals surface area contributed by atoms with Gasteiger partial charge in [0.05, 0.1) is 0 Å². The Labute approximate surface area is 130 Å². The first kappa shape index (κ1) is 14.1. The monoisotopic (exact) mass is 290 g/mol. The third-order valence-corrected chi connectivity index (χ3v) is 3.32. The Kier molecular flexibility index (Phi) is 4.35. The molecule has 110 valence electrons. The van der Waals surface area contributed by atoms with Crippen LogP contribution in [0.5, 0.6) is 11.5 Å². The number of pyridine rings is 1. The number of anilines is 1. The Balaban J connectivity index is 1.59. The lowest BCUT2D eigenvalue weighted by Crippen LogP contribution is -2.00. The van der Waals surface area contributed by atoms with Gasteiger partial charge >= 0.3 is 0 Å². The second kappa shape index (κ2) is 6.76. The minimum Gasteiger partial charge on any atom is -0.457 e. The van der Waals surface area contributed by atoms with E-state index in [1.807, 2.05) is 54.6 Å². The number of hydrogen-bond acceptors (Lipinski definition) is 3. The van der Waals surface area contributed by atoms with Gasteiger partial charge in [0, 0.05) is 12.7 Å². The van der Waals surface area contributed by atoms with E-state index in [0.29, 0.717) is 0 Å². The second-order valence-corrected chi connectivity index (χ2v) is 5.13. The predicted octanol–water partition coefficient (Wildman–Crippen LogP) is 4.79. The van der Waals surface area contributed by atoms with E-state index in [2.05, 4.69) is 29.4 Å². The van der Waals surface area contributed by atoms with Crippen molar-refractivity contribution in [2.24, 2.45) is 0 Å². The van der Waals surface area contributed by atoms with Crippen molar-refractivity contribution in [3.63, 3.8) is 0 Å². The second-order valence-electron chi connectivity index (χ2n) is 5.13. The highest BCUT2D eigenvalue weighted by atomic mass is 16.5. The van der Waals surface area contributed by atoms with Gasteiger partial charge in [-0.1, -0.05) is 35.9 Å². The van der Waals surface area contributed by atoms with Gasteiger partial charge in [0.15, 0.2) is 0 Å². The van der Waals surface area contributed by atoms with Crippen molar-refractivity contribution in [1.82, 2.24) is 4.98 Å². The van der Waals surface area contributed by atoms with Crippen molar-refractivity contribution in [2.75, 3.05) is 5.32 Å². The van der Waals surface area contributed by atoms with Crippen molar-refractivity contribution in [3.8, 4) is 11.5 Å². The van der Waals surface area contributed by atoms with E-state index in [1.165, 1.54) is 11.1 Å². The summed E-state index contributed by atoms with van der Waals surface area (Å²) in [6.07, 6.45) is 1.78. The van der Waals surface area contributed by atoms with Crippen LogP contribution in [0, 0.1) is 6.92 Å². The smallest absolute Gasteiger partial charge is 0.127 e. The molecule has 3 heteroatoms. The molecule has 0 aliphatic heterocycles. The summed E-state index contributed by atoms with van der Waals surface area (Å²) < 4.78 is 5.82. The Hall–Kier alpha value is -2.81. The number of hydrogen-bond donors (Lipinski definition) is 1. The van der Waals surface area contributed by atoms with Crippen molar-refractivity contribution in [2.45, 2.75) is 13.5 Å². The molecule has 2 aromatic carbocycles. The molecule has 0 bridgehead atoms. The first-order chi connectivity index (χ1) is 10.8. The predicted molar refractivity (Wildman–Crippen MR) is 89.3 cm³/mol. The van der Waals surface area contributed by atoms with E-state index in [0.717, 1.165) is 23.9 Å². The fourth-order valence-electron chi connectivity index (χ4n) is 2.08. The topological polar surface area (TPSA) is 34.1 Å². The van der Waals surface area contributed by atoms with Crippen LogP contribution in [0.1, 0.15) is 11.1 Å². The lowest BCUT2D eigenvalue weighted by atomic mass is 10.2. The molecule has 22 heavy (non-hydrogen) atoms. The molecular weight excluding hydrogens is 272 g/mol. The van der Waals surface area contributed by atoms with Crippen LogP contribution in [0.25, 0.3) is 0 Å². The molecule has 0 amide bonds. The van der Waals surface area contributed by atoms with Gasteiger partial charge in [-0.3, -0.25) is 0 Å². The van der Waals surface area contributed by atoms with Gasteiger partial charge in [-0.05, 0) is 48.9 Å². The van der Waals surface area contributed by atoms with E-state index in [4.69, 9.17) is 4.74 Å². The molecule has 0 spiro atoms. The maximum absolute atomic E-state index is 5.82. The summed E-state index contributed by atoms with van der Waals surface area (Å²) in [7, 11) is 0. The highest BCUT2D eigenvalue weighted by molar-refractivity contribution is 5.37. The lowest BCUT2D eigenvalue weighted by molar-refractivity contribution is 0.482. The Morgan fingerprint density at radius 1 is 0.864 bits per heavy atom. The zero-order valence-corrected chi connectivity index (χ0v) is 12.5. The summed E-state index contributed by atoms with van der Waals surface area (Å²) in [5.74, 6) is 2.57. The van der Waals surface area contributed by atoms with Crippen molar-refractivity contribution in [1.29, 1.82) is 0 Å². The fourth-order valence-corrected chi connectivity index (χ4v) is 2.08. The molecule has 3 aromatic rings. The highest BCUT2D eigenvalue weighted by Crippen LogP contribution is 2.22. The van der Waals surface area contributed by atoms with Crippen LogP contribution < -0.4 is 10.1 Å². The minimum atomic E-state index is 0.738. The van der Waals surface area contributed by atoms with Gasteiger partial charge in [-0.2, -0.15) is 0 Å². The molecule has 0 saturated heterocycles. The van der Waals surface area contributed by atoms with E-state index in [1.54, 1.807) is 6.20 Å². The molecule has 1 aromatic heterocycles. The standard InChI is InChI=1S/C19H18N2O/c1-15-5-9-17(10-6-15)22-18-11-7-16(8-12-18)14-21-19-4-2-3-13-20-19/h2-13H,14H2,1H3,(H,20,21). The molecule has 1 heterocycles. The number of aryl methyl sites for hydroxylation is 1. The third-order valence-electron chi connectivity index (χ3n) is 3.32. The van der Waals surface area contributed by atoms with Gasteiger partial charge in [0.25, 0.3) is 0 Å². The fraction of sp³-hybridized carbons (Fsp3) is 0.105. The van der Waals surface area contributed by atoms with Gasteiger partial charge < -0.3 is 10.1 Å². The summed E-state index contributed by atoms with van der Waals surface area (Å²) in [6, 6.07) is 21.9. The van der Waals surface area contributed by atoms with Crippen LogP contribution >= 0.6 is 0 Å². The first-order valence-corrected chi connectivity index (χ1v) is 7.28. The molecule has 3 rings (SSSR count). The minimum absolute atomic E-state index is 0.738. The lowest BCUT2D eigenvalue weighted by Gasteiger charge is -2.08. The molecule has 0 saturated carbocycles. The molecule has 1 N–H and O–H groups in total. The van der Waals surface area contributed by atoms with Crippen molar-refractivity contribution < 1.29 is 4.74 Å². The molecule has 0 fully saturated rings. The summed E-state index contributed by atoms with van der Waals surface area (Å²) in [5.41, 5.74) is 2.41. The average molecular weight is 290 g/mol. The normalized spacial score (nSPS) is 10.2. The summed E-state index contributed by atoms with van der Waals surface area (Å²) >= 11 is 0. The van der Waals surface area contributed by atoms with Gasteiger partial charge in [0.2, 0.25) is 0 Å². The molecule has 0 aliphatic rings. The Morgan fingerprint density at radius 3 is 2.18 bits per heavy atom. The van der Waals surface area contributed by atoms with Gasteiger partial charge in [-0.25, -0.2) is 4.98 Å². The van der Waals surface area contributed by atoms with Crippen molar-refractivity contribution in [3.05, 3.63) is 84.1 Å². The van der Waals surface area contributed by atoms with Gasteiger partial charge in [-0.15, -0.1) is 0 Å². The van der Waals surface area contributed by atoms with Crippen LogP contribution in [0.3, 0.4) is 0 Å². The van der Waals surface area contributed by atoms with Gasteiger partial charge in [0.1, 0.15) is 17.3 Å². The molecule has 3 nitrogen and oxygen atoms in total. The van der Waals surface area contributed by atoms with Crippen molar-refractivity contribution >= 4 is 5.82 Å². The zero-order chi connectivity index (χ0) is 15.2. The van der Waals surface area contributed by atoms with E-state index < -0.39 is 0 Å². The highest BCUT2D eigenvalue weighted by Gasteiger charge is 1.99. The number of rotatable bonds is 5. The zero-order valence-electron chi connectivity index (χ0n) is 12.5. The number of ether oxygens (including phenoxy) is 1. The average Bonchev–Trinajstić information content (AvgIpc) is 2.57. The summed E-state index contributed by atoms with van der Waals surface area (Å²) in [4.78, 5) is 4.24. The summed E-state index contributed by atoms with van der Waals surface area (Å²) in [6.45, 7) is 2.80. The molecular formula is C19H18N2O. The molecule has 0 radical (unpaired) electrons. The van der Waals surface area contributed by atoms with Crippen LogP contribution in [0.4, 0.5) is 5.82 Å². The quantitative estimate of drug-likeness (QED) is 0.733. The maximum atomic E-state index is 5.82. The summed E-state index contributed by atoms with van der Waals surface area (Å²) in [5, 5.41) is 3.28. The first-order valence-electron chi connectivity index (χ1n) is 7.28. The SMILES string of the molecule is Cc1ccc(Oc2ccc(CNc3ccccn3)cc2)cc1.